The standard InChI is InChI=1S/C18H18N2OS2/c1-13-7-8-15-16(11-13)23-12-17(21)20(15)18(22)19-10-9-14-5-3-2-4-6-14/h2-8,11H,9-10,12H2,1H3,(H,19,22). The fourth-order valence-corrected chi connectivity index (χ4v) is 3.81. The lowest BCUT2D eigenvalue weighted by Gasteiger charge is -2.29. The van der Waals surface area contributed by atoms with E-state index in [0.29, 0.717) is 17.4 Å². The SMILES string of the molecule is Cc1ccc2c(c1)SCC(=O)N2C(=S)NCCc1ccccc1. The number of hydrogen-bond donors (Lipinski definition) is 1. The Morgan fingerprint density at radius 2 is 2.04 bits per heavy atom. The van der Waals surface area contributed by atoms with Gasteiger partial charge in [-0.1, -0.05) is 36.4 Å². The van der Waals surface area contributed by atoms with E-state index in [2.05, 4.69) is 30.4 Å². The van der Waals surface area contributed by atoms with Gasteiger partial charge < -0.3 is 5.32 Å². The molecule has 2 aromatic rings. The van der Waals surface area contributed by atoms with Gasteiger partial charge in [-0.3, -0.25) is 9.69 Å². The van der Waals surface area contributed by atoms with Gasteiger partial charge >= 0.3 is 0 Å². The minimum atomic E-state index is 0.0311. The lowest BCUT2D eigenvalue weighted by molar-refractivity contribution is -0.115. The Balaban J connectivity index is 1.68. The zero-order valence-corrected chi connectivity index (χ0v) is 14.5. The molecule has 0 unspecified atom stereocenters. The molecule has 1 N–H and O–H groups in total. The van der Waals surface area contributed by atoms with E-state index in [1.54, 1.807) is 16.7 Å². The van der Waals surface area contributed by atoms with Crippen LogP contribution in [0.25, 0.3) is 0 Å². The fraction of sp³-hybridized carbons (Fsp3) is 0.222. The third kappa shape index (κ3) is 3.74. The number of thioether (sulfide) groups is 1. The monoisotopic (exact) mass is 342 g/mol. The summed E-state index contributed by atoms with van der Waals surface area (Å²) >= 11 is 7.03. The van der Waals surface area contributed by atoms with E-state index in [1.165, 1.54) is 11.1 Å². The number of nitrogens with zero attached hydrogens (tertiary/aromatic N) is 1. The molecule has 1 aliphatic heterocycles. The van der Waals surface area contributed by atoms with Gasteiger partial charge in [0.2, 0.25) is 5.91 Å². The number of amides is 1. The van der Waals surface area contributed by atoms with Crippen molar-refractivity contribution < 1.29 is 4.79 Å². The average molecular weight is 342 g/mol. The number of nitrogens with one attached hydrogen (secondary N) is 1. The summed E-state index contributed by atoms with van der Waals surface area (Å²) in [5.74, 6) is 0.459. The first-order valence-electron chi connectivity index (χ1n) is 7.53. The molecule has 0 spiro atoms. The van der Waals surface area contributed by atoms with Gasteiger partial charge in [-0.25, -0.2) is 0 Å². The molecule has 0 saturated heterocycles. The molecule has 23 heavy (non-hydrogen) atoms. The highest BCUT2D eigenvalue weighted by Crippen LogP contribution is 2.35. The number of hydrogen-bond acceptors (Lipinski definition) is 3. The van der Waals surface area contributed by atoms with Crippen LogP contribution in [0.3, 0.4) is 0 Å². The van der Waals surface area contributed by atoms with E-state index >= 15 is 0 Å². The Morgan fingerprint density at radius 3 is 2.83 bits per heavy atom. The van der Waals surface area contributed by atoms with E-state index in [1.807, 2.05) is 30.3 Å². The van der Waals surface area contributed by atoms with E-state index < -0.39 is 0 Å². The van der Waals surface area contributed by atoms with Crippen LogP contribution < -0.4 is 10.2 Å². The Kier molecular flexibility index (Phi) is 4.98. The lowest BCUT2D eigenvalue weighted by atomic mass is 10.1. The van der Waals surface area contributed by atoms with Gasteiger partial charge in [0.05, 0.1) is 11.4 Å². The fourth-order valence-electron chi connectivity index (χ4n) is 2.52. The normalized spacial score (nSPS) is 13.6. The van der Waals surface area contributed by atoms with E-state index in [0.717, 1.165) is 17.0 Å². The summed E-state index contributed by atoms with van der Waals surface area (Å²) in [6.45, 7) is 2.76. The molecule has 1 amide bonds. The number of carbonyl (C=O) groups is 1. The number of aryl methyl sites for hydroxylation is 1. The van der Waals surface area contributed by atoms with Crippen LogP contribution in [0.2, 0.25) is 0 Å². The third-order valence-electron chi connectivity index (χ3n) is 3.69. The number of benzene rings is 2. The van der Waals surface area contributed by atoms with E-state index in [-0.39, 0.29) is 5.91 Å². The molecule has 5 heteroatoms. The molecular formula is C18H18N2OS2. The highest BCUT2D eigenvalue weighted by atomic mass is 32.2. The minimum absolute atomic E-state index is 0.0311. The van der Waals surface area contributed by atoms with Gasteiger partial charge in [-0.2, -0.15) is 0 Å². The van der Waals surface area contributed by atoms with Crippen molar-refractivity contribution in [3.05, 3.63) is 59.7 Å². The van der Waals surface area contributed by atoms with Gasteiger partial charge in [0.25, 0.3) is 0 Å². The number of carbonyl (C=O) groups excluding carboxylic acids is 1. The van der Waals surface area contributed by atoms with Crippen molar-refractivity contribution >= 4 is 40.7 Å². The molecule has 3 rings (SSSR count). The Bertz CT molecular complexity index is 731. The van der Waals surface area contributed by atoms with Crippen molar-refractivity contribution in [2.24, 2.45) is 0 Å². The Morgan fingerprint density at radius 1 is 1.26 bits per heavy atom. The van der Waals surface area contributed by atoms with Crippen LogP contribution in [-0.4, -0.2) is 23.3 Å². The summed E-state index contributed by atoms with van der Waals surface area (Å²) < 4.78 is 0. The van der Waals surface area contributed by atoms with Gasteiger partial charge in [-0.15, -0.1) is 11.8 Å². The quantitative estimate of drug-likeness (QED) is 0.865. The molecule has 0 fully saturated rings. The molecule has 0 atom stereocenters. The highest BCUT2D eigenvalue weighted by Gasteiger charge is 2.27. The zero-order chi connectivity index (χ0) is 16.2. The Hall–Kier alpha value is -1.85. The first kappa shape index (κ1) is 16.0. The second-order valence-corrected chi connectivity index (χ2v) is 6.86. The molecular weight excluding hydrogens is 324 g/mol. The maximum Gasteiger partial charge on any atom is 0.243 e. The van der Waals surface area contributed by atoms with Crippen LogP contribution in [0.5, 0.6) is 0 Å². The number of fused-ring (bicyclic) bond motifs is 1. The molecule has 0 bridgehead atoms. The summed E-state index contributed by atoms with van der Waals surface area (Å²) in [5, 5.41) is 3.70. The molecule has 3 nitrogen and oxygen atoms in total. The number of anilines is 1. The zero-order valence-electron chi connectivity index (χ0n) is 12.9. The van der Waals surface area contributed by atoms with Crippen molar-refractivity contribution in [1.29, 1.82) is 0 Å². The Labute approximate surface area is 146 Å². The topological polar surface area (TPSA) is 32.3 Å². The minimum Gasteiger partial charge on any atom is -0.362 e. The van der Waals surface area contributed by atoms with Crippen molar-refractivity contribution in [3.8, 4) is 0 Å². The van der Waals surface area contributed by atoms with E-state index in [9.17, 15) is 4.79 Å². The molecule has 1 heterocycles. The van der Waals surface area contributed by atoms with Gasteiger partial charge in [0, 0.05) is 11.4 Å². The van der Waals surface area contributed by atoms with Crippen LogP contribution in [0.4, 0.5) is 5.69 Å². The average Bonchev–Trinajstić information content (AvgIpc) is 2.56. The first-order valence-corrected chi connectivity index (χ1v) is 8.93. The van der Waals surface area contributed by atoms with Crippen molar-refractivity contribution in [2.45, 2.75) is 18.2 Å². The summed E-state index contributed by atoms with van der Waals surface area (Å²) in [6, 6.07) is 16.3. The van der Waals surface area contributed by atoms with Gasteiger partial charge in [0.15, 0.2) is 5.11 Å². The van der Waals surface area contributed by atoms with E-state index in [4.69, 9.17) is 12.2 Å². The largest absolute Gasteiger partial charge is 0.362 e. The smallest absolute Gasteiger partial charge is 0.243 e. The summed E-state index contributed by atoms with van der Waals surface area (Å²) in [5.41, 5.74) is 3.32. The van der Waals surface area contributed by atoms with Gasteiger partial charge in [-0.05, 0) is 48.8 Å². The van der Waals surface area contributed by atoms with Crippen LogP contribution in [-0.2, 0) is 11.2 Å². The summed E-state index contributed by atoms with van der Waals surface area (Å²) in [7, 11) is 0. The van der Waals surface area contributed by atoms with Crippen molar-refractivity contribution in [3.63, 3.8) is 0 Å². The molecule has 118 valence electrons. The third-order valence-corrected chi connectivity index (χ3v) is 5.05. The molecule has 0 saturated carbocycles. The predicted octanol–water partition coefficient (Wildman–Crippen LogP) is 3.55. The van der Waals surface area contributed by atoms with Gasteiger partial charge in [0.1, 0.15) is 0 Å². The van der Waals surface area contributed by atoms with Crippen LogP contribution in [0.1, 0.15) is 11.1 Å². The molecule has 2 aromatic carbocycles. The van der Waals surface area contributed by atoms with Crippen molar-refractivity contribution in [2.75, 3.05) is 17.2 Å². The highest BCUT2D eigenvalue weighted by molar-refractivity contribution is 8.00. The predicted molar refractivity (Wildman–Crippen MR) is 100 cm³/mol. The summed E-state index contributed by atoms with van der Waals surface area (Å²) in [6.07, 6.45) is 0.874. The first-order chi connectivity index (χ1) is 11.1. The molecule has 0 radical (unpaired) electrons. The maximum absolute atomic E-state index is 12.3. The molecule has 0 aliphatic carbocycles. The van der Waals surface area contributed by atoms with Crippen LogP contribution in [0, 0.1) is 6.92 Å². The number of thiocarbonyl (C=S) groups is 1. The maximum atomic E-state index is 12.3. The lowest BCUT2D eigenvalue weighted by Crippen LogP contribution is -2.46. The van der Waals surface area contributed by atoms with Crippen LogP contribution >= 0.6 is 24.0 Å². The summed E-state index contributed by atoms with van der Waals surface area (Å²) in [4.78, 5) is 15.0. The molecule has 0 aromatic heterocycles. The van der Waals surface area contributed by atoms with Crippen LogP contribution in [0.15, 0.2) is 53.4 Å². The van der Waals surface area contributed by atoms with Crippen molar-refractivity contribution in [1.82, 2.24) is 5.32 Å². The molecule has 1 aliphatic rings. The number of rotatable bonds is 3. The second kappa shape index (κ2) is 7.15. The second-order valence-electron chi connectivity index (χ2n) is 5.46.